The minimum Gasteiger partial charge on any atom is -0.388 e. The van der Waals surface area contributed by atoms with E-state index < -0.39 is 0 Å². The average Bonchev–Trinajstić information content (AvgIpc) is 3.14. The van der Waals surface area contributed by atoms with Gasteiger partial charge in [0.15, 0.2) is 0 Å². The quantitative estimate of drug-likeness (QED) is 0.815. The summed E-state index contributed by atoms with van der Waals surface area (Å²) in [6, 6.07) is 12.7. The molecule has 3 heteroatoms. The van der Waals surface area contributed by atoms with Gasteiger partial charge in [-0.2, -0.15) is 11.3 Å². The normalized spacial score (nSPS) is 19.1. The molecule has 1 aliphatic carbocycles. The summed E-state index contributed by atoms with van der Waals surface area (Å²) in [4.78, 5) is 0. The van der Waals surface area contributed by atoms with Gasteiger partial charge in [0.25, 0.3) is 0 Å². The predicted octanol–water partition coefficient (Wildman–Crippen LogP) is 3.78. The number of thiophene rings is 1. The molecule has 2 aromatic rings. The maximum absolute atomic E-state index is 10.6. The second-order valence-corrected chi connectivity index (χ2v) is 7.07. The first-order valence-electron chi connectivity index (χ1n) is 7.67. The van der Waals surface area contributed by atoms with Crippen molar-refractivity contribution in [2.75, 3.05) is 6.54 Å². The molecule has 1 saturated carbocycles. The number of nitrogens with one attached hydrogen (secondary N) is 1. The number of rotatable bonds is 7. The second kappa shape index (κ2) is 6.30. The van der Waals surface area contributed by atoms with Crippen LogP contribution in [0, 0.1) is 5.41 Å². The Labute approximate surface area is 130 Å². The Hall–Kier alpha value is -1.16. The van der Waals surface area contributed by atoms with Crippen molar-refractivity contribution in [1.82, 2.24) is 5.32 Å². The fourth-order valence-electron chi connectivity index (χ4n) is 2.91. The molecule has 21 heavy (non-hydrogen) atoms. The molecular formula is C18H23NOS. The van der Waals surface area contributed by atoms with Gasteiger partial charge in [0.05, 0.1) is 6.10 Å². The van der Waals surface area contributed by atoms with Crippen LogP contribution in [0.15, 0.2) is 47.2 Å². The third-order valence-electron chi connectivity index (χ3n) is 4.51. The monoisotopic (exact) mass is 301 g/mol. The largest absolute Gasteiger partial charge is 0.388 e. The minimum absolute atomic E-state index is 0.0459. The van der Waals surface area contributed by atoms with Gasteiger partial charge >= 0.3 is 0 Å². The molecule has 1 aromatic carbocycles. The van der Waals surface area contributed by atoms with Gasteiger partial charge in [-0.15, -0.1) is 0 Å². The van der Waals surface area contributed by atoms with Crippen molar-refractivity contribution in [2.45, 2.75) is 38.3 Å². The Morgan fingerprint density at radius 1 is 1.24 bits per heavy atom. The lowest BCUT2D eigenvalue weighted by atomic mass is 9.92. The Morgan fingerprint density at radius 3 is 2.62 bits per heavy atom. The van der Waals surface area contributed by atoms with E-state index in [9.17, 15) is 5.11 Å². The molecule has 0 spiro atoms. The summed E-state index contributed by atoms with van der Waals surface area (Å²) in [5.74, 6) is 0. The van der Waals surface area contributed by atoms with Crippen LogP contribution < -0.4 is 5.32 Å². The molecule has 1 aromatic heterocycles. The zero-order valence-electron chi connectivity index (χ0n) is 12.5. The highest BCUT2D eigenvalue weighted by molar-refractivity contribution is 7.07. The van der Waals surface area contributed by atoms with E-state index in [-0.39, 0.29) is 11.5 Å². The summed E-state index contributed by atoms with van der Waals surface area (Å²) in [6.45, 7) is 3.12. The molecule has 112 valence electrons. The maximum Gasteiger partial charge on any atom is 0.0858 e. The van der Waals surface area contributed by atoms with Crippen LogP contribution in [0.2, 0.25) is 0 Å². The Kier molecular flexibility index (Phi) is 4.43. The van der Waals surface area contributed by atoms with Crippen LogP contribution in [0.25, 0.3) is 0 Å². The van der Waals surface area contributed by atoms with Gasteiger partial charge in [-0.05, 0) is 54.1 Å². The average molecular weight is 301 g/mol. The molecule has 0 amide bonds. The van der Waals surface area contributed by atoms with Crippen molar-refractivity contribution in [3.63, 3.8) is 0 Å². The standard InChI is InChI=1S/C18H23NOS/c1-14(11-15-7-10-21-12-15)19-13-18(8-9-18)17(20)16-5-3-2-4-6-16/h2-7,10,12,14,17,19-20H,8-9,11,13H2,1H3. The van der Waals surface area contributed by atoms with Gasteiger partial charge in [0, 0.05) is 18.0 Å². The number of aliphatic hydroxyl groups is 1. The summed E-state index contributed by atoms with van der Waals surface area (Å²) in [5.41, 5.74) is 2.49. The first kappa shape index (κ1) is 14.8. The molecule has 1 heterocycles. The van der Waals surface area contributed by atoms with Gasteiger partial charge in [-0.3, -0.25) is 0 Å². The molecule has 2 N–H and O–H groups in total. The van der Waals surface area contributed by atoms with E-state index >= 15 is 0 Å². The topological polar surface area (TPSA) is 32.3 Å². The third-order valence-corrected chi connectivity index (χ3v) is 5.24. The van der Waals surface area contributed by atoms with Gasteiger partial charge in [0.1, 0.15) is 0 Å². The number of benzene rings is 1. The smallest absolute Gasteiger partial charge is 0.0858 e. The lowest BCUT2D eigenvalue weighted by Crippen LogP contribution is -2.35. The van der Waals surface area contributed by atoms with E-state index in [1.165, 1.54) is 5.56 Å². The Morgan fingerprint density at radius 2 is 2.00 bits per heavy atom. The molecule has 0 aliphatic heterocycles. The third kappa shape index (κ3) is 3.54. The van der Waals surface area contributed by atoms with Gasteiger partial charge in [-0.1, -0.05) is 30.3 Å². The first-order valence-corrected chi connectivity index (χ1v) is 8.61. The predicted molar refractivity (Wildman–Crippen MR) is 88.6 cm³/mol. The zero-order valence-corrected chi connectivity index (χ0v) is 13.3. The fraction of sp³-hybridized carbons (Fsp3) is 0.444. The van der Waals surface area contributed by atoms with E-state index in [0.29, 0.717) is 6.04 Å². The molecule has 1 aliphatic rings. The van der Waals surface area contributed by atoms with E-state index in [2.05, 4.69) is 29.1 Å². The van der Waals surface area contributed by atoms with Crippen LogP contribution >= 0.6 is 11.3 Å². The van der Waals surface area contributed by atoms with Crippen LogP contribution in [0.5, 0.6) is 0 Å². The van der Waals surface area contributed by atoms with Crippen LogP contribution in [0.1, 0.15) is 37.0 Å². The number of hydrogen-bond donors (Lipinski definition) is 2. The molecule has 2 nitrogen and oxygen atoms in total. The van der Waals surface area contributed by atoms with Gasteiger partial charge < -0.3 is 10.4 Å². The summed E-state index contributed by atoms with van der Waals surface area (Å²) in [7, 11) is 0. The molecule has 3 rings (SSSR count). The highest BCUT2D eigenvalue weighted by Gasteiger charge is 2.49. The van der Waals surface area contributed by atoms with Gasteiger partial charge in [0.2, 0.25) is 0 Å². The van der Waals surface area contributed by atoms with Crippen LogP contribution in [0.3, 0.4) is 0 Å². The van der Waals surface area contributed by atoms with Crippen molar-refractivity contribution < 1.29 is 5.11 Å². The van der Waals surface area contributed by atoms with E-state index in [4.69, 9.17) is 0 Å². The minimum atomic E-state index is -0.348. The first-order chi connectivity index (χ1) is 10.2. The number of hydrogen-bond acceptors (Lipinski definition) is 3. The molecule has 2 atom stereocenters. The lowest BCUT2D eigenvalue weighted by molar-refractivity contribution is 0.0903. The summed E-state index contributed by atoms with van der Waals surface area (Å²) in [5, 5.41) is 18.6. The maximum atomic E-state index is 10.6. The SMILES string of the molecule is CC(Cc1ccsc1)NCC1(C(O)c2ccccc2)CC1. The van der Waals surface area contributed by atoms with Crippen molar-refractivity contribution in [1.29, 1.82) is 0 Å². The Bertz CT molecular complexity index is 548. The van der Waals surface area contributed by atoms with Crippen LogP contribution in [0.4, 0.5) is 0 Å². The highest BCUT2D eigenvalue weighted by Crippen LogP contribution is 2.54. The summed E-state index contributed by atoms with van der Waals surface area (Å²) < 4.78 is 0. The van der Waals surface area contributed by atoms with Crippen molar-refractivity contribution in [3.05, 3.63) is 58.3 Å². The van der Waals surface area contributed by atoms with E-state index in [0.717, 1.165) is 31.4 Å². The van der Waals surface area contributed by atoms with Crippen molar-refractivity contribution >= 4 is 11.3 Å². The van der Waals surface area contributed by atoms with Crippen molar-refractivity contribution in [3.8, 4) is 0 Å². The second-order valence-electron chi connectivity index (χ2n) is 6.29. The zero-order chi connectivity index (χ0) is 14.7. The van der Waals surface area contributed by atoms with Gasteiger partial charge in [-0.25, -0.2) is 0 Å². The Balaban J connectivity index is 1.54. The summed E-state index contributed by atoms with van der Waals surface area (Å²) in [6.07, 6.45) is 2.93. The van der Waals surface area contributed by atoms with E-state index in [1.807, 2.05) is 30.3 Å². The molecule has 1 fully saturated rings. The highest BCUT2D eigenvalue weighted by atomic mass is 32.1. The lowest BCUT2D eigenvalue weighted by Gasteiger charge is -2.25. The fourth-order valence-corrected chi connectivity index (χ4v) is 3.59. The molecule has 0 bridgehead atoms. The molecular weight excluding hydrogens is 278 g/mol. The number of aliphatic hydroxyl groups excluding tert-OH is 1. The molecule has 0 radical (unpaired) electrons. The van der Waals surface area contributed by atoms with Crippen LogP contribution in [-0.4, -0.2) is 17.7 Å². The van der Waals surface area contributed by atoms with E-state index in [1.54, 1.807) is 11.3 Å². The van der Waals surface area contributed by atoms with Crippen molar-refractivity contribution in [2.24, 2.45) is 5.41 Å². The van der Waals surface area contributed by atoms with Crippen LogP contribution in [-0.2, 0) is 6.42 Å². The molecule has 0 saturated heterocycles. The molecule has 2 unspecified atom stereocenters. The summed E-state index contributed by atoms with van der Waals surface area (Å²) >= 11 is 1.75.